The zero-order valence-corrected chi connectivity index (χ0v) is 11.2. The molecular weight excluding hydrogens is 220 g/mol. The summed E-state index contributed by atoms with van der Waals surface area (Å²) in [7, 11) is 0. The van der Waals surface area contributed by atoms with Crippen LogP contribution < -0.4 is 5.73 Å². The van der Waals surface area contributed by atoms with Crippen LogP contribution in [0.2, 0.25) is 0 Å². The molecule has 1 aromatic heterocycles. The minimum atomic E-state index is 0.0422. The van der Waals surface area contributed by atoms with Crippen LogP contribution in [0, 0.1) is 0 Å². The lowest BCUT2D eigenvalue weighted by molar-refractivity contribution is 0.539. The molecule has 0 radical (unpaired) electrons. The van der Waals surface area contributed by atoms with Crippen molar-refractivity contribution in [1.29, 1.82) is 0 Å². The van der Waals surface area contributed by atoms with Gasteiger partial charge in [-0.05, 0) is 12.8 Å². The van der Waals surface area contributed by atoms with Gasteiger partial charge in [-0.1, -0.05) is 26.0 Å². The van der Waals surface area contributed by atoms with Crippen LogP contribution in [-0.4, -0.2) is 26.0 Å². The Kier molecular flexibility index (Phi) is 5.84. The number of nitrogens with two attached hydrogens (primary N) is 1. The van der Waals surface area contributed by atoms with Crippen molar-refractivity contribution in [3.63, 3.8) is 0 Å². The van der Waals surface area contributed by atoms with Crippen LogP contribution in [0.1, 0.15) is 45.3 Å². The molecule has 0 spiro atoms. The predicted octanol–water partition coefficient (Wildman–Crippen LogP) is 2.22. The maximum Gasteiger partial charge on any atom is 0.0762 e. The maximum absolute atomic E-state index is 6.15. The van der Waals surface area contributed by atoms with Gasteiger partial charge in [0.15, 0.2) is 0 Å². The lowest BCUT2D eigenvalue weighted by atomic mass is 10.2. The van der Waals surface area contributed by atoms with Crippen molar-refractivity contribution in [2.75, 3.05) is 5.75 Å². The molecular formula is C11H22N4S. The monoisotopic (exact) mass is 242 g/mol. The van der Waals surface area contributed by atoms with E-state index in [1.807, 2.05) is 16.4 Å². The molecule has 2 atom stereocenters. The summed E-state index contributed by atoms with van der Waals surface area (Å²) in [6, 6.07) is 0.0422. The van der Waals surface area contributed by atoms with Crippen LogP contribution in [-0.2, 0) is 6.54 Å². The fraction of sp³-hybridized carbons (Fsp3) is 0.818. The van der Waals surface area contributed by atoms with Crippen LogP contribution in [0.3, 0.4) is 0 Å². The number of aryl methyl sites for hydroxylation is 1. The summed E-state index contributed by atoms with van der Waals surface area (Å²) >= 11 is 1.92. The Morgan fingerprint density at radius 3 is 2.88 bits per heavy atom. The van der Waals surface area contributed by atoms with Gasteiger partial charge in [-0.2, -0.15) is 11.8 Å². The maximum atomic E-state index is 6.15. The molecule has 4 nitrogen and oxygen atoms in total. The molecule has 92 valence electrons. The van der Waals surface area contributed by atoms with Crippen LogP contribution in [0.15, 0.2) is 6.20 Å². The number of rotatable bonds is 7. The Morgan fingerprint density at radius 1 is 1.50 bits per heavy atom. The molecule has 1 rings (SSSR count). The summed E-state index contributed by atoms with van der Waals surface area (Å²) < 4.78 is 1.92. The first-order chi connectivity index (χ1) is 7.69. The normalized spacial score (nSPS) is 15.0. The van der Waals surface area contributed by atoms with E-state index in [1.54, 1.807) is 6.20 Å². The molecule has 0 aliphatic carbocycles. The molecule has 0 aliphatic heterocycles. The van der Waals surface area contributed by atoms with E-state index < -0.39 is 0 Å². The van der Waals surface area contributed by atoms with Crippen molar-refractivity contribution in [3.05, 3.63) is 11.9 Å². The van der Waals surface area contributed by atoms with Crippen molar-refractivity contribution in [2.45, 2.75) is 51.4 Å². The van der Waals surface area contributed by atoms with E-state index in [4.69, 9.17) is 5.73 Å². The largest absolute Gasteiger partial charge is 0.322 e. The number of hydrogen-bond donors (Lipinski definition) is 1. The van der Waals surface area contributed by atoms with E-state index in [-0.39, 0.29) is 6.04 Å². The molecule has 0 aliphatic rings. The summed E-state index contributed by atoms with van der Waals surface area (Å²) in [6.07, 6.45) is 4.03. The van der Waals surface area contributed by atoms with Crippen molar-refractivity contribution < 1.29 is 0 Å². The van der Waals surface area contributed by atoms with Gasteiger partial charge >= 0.3 is 0 Å². The predicted molar refractivity (Wildman–Crippen MR) is 69.5 cm³/mol. The standard InChI is InChI=1S/C11H22N4S/c1-4-6-15-11(7-13-14-15)10(12)8-16-9(3)5-2/h7,9-10H,4-6,8,12H2,1-3H3. The Hall–Kier alpha value is -0.550. The van der Waals surface area contributed by atoms with E-state index in [0.717, 1.165) is 24.4 Å². The van der Waals surface area contributed by atoms with Gasteiger partial charge in [0.2, 0.25) is 0 Å². The van der Waals surface area contributed by atoms with Crippen LogP contribution in [0.25, 0.3) is 0 Å². The molecule has 0 fully saturated rings. The minimum absolute atomic E-state index is 0.0422. The molecule has 0 saturated heterocycles. The lowest BCUT2D eigenvalue weighted by Crippen LogP contribution is -2.19. The van der Waals surface area contributed by atoms with Gasteiger partial charge in [0.05, 0.1) is 17.9 Å². The van der Waals surface area contributed by atoms with Gasteiger partial charge in [-0.3, -0.25) is 0 Å². The number of hydrogen-bond acceptors (Lipinski definition) is 4. The van der Waals surface area contributed by atoms with E-state index in [1.165, 1.54) is 6.42 Å². The highest BCUT2D eigenvalue weighted by Gasteiger charge is 2.13. The lowest BCUT2D eigenvalue weighted by Gasteiger charge is -2.15. The van der Waals surface area contributed by atoms with Gasteiger partial charge in [-0.25, -0.2) is 4.68 Å². The second-order valence-corrected chi connectivity index (χ2v) is 5.51. The van der Waals surface area contributed by atoms with Crippen molar-refractivity contribution in [1.82, 2.24) is 15.0 Å². The minimum Gasteiger partial charge on any atom is -0.322 e. The fourth-order valence-corrected chi connectivity index (χ4v) is 2.35. The topological polar surface area (TPSA) is 56.7 Å². The van der Waals surface area contributed by atoms with Crippen LogP contribution in [0.5, 0.6) is 0 Å². The third-order valence-corrected chi connectivity index (χ3v) is 4.05. The van der Waals surface area contributed by atoms with Crippen molar-refractivity contribution >= 4 is 11.8 Å². The van der Waals surface area contributed by atoms with E-state index in [9.17, 15) is 0 Å². The van der Waals surface area contributed by atoms with Crippen molar-refractivity contribution in [3.8, 4) is 0 Å². The summed E-state index contributed by atoms with van der Waals surface area (Å²) in [5.74, 6) is 0.937. The first-order valence-electron chi connectivity index (χ1n) is 5.94. The molecule has 0 saturated carbocycles. The molecule has 1 heterocycles. The van der Waals surface area contributed by atoms with E-state index in [0.29, 0.717) is 5.25 Å². The quantitative estimate of drug-likeness (QED) is 0.796. The third kappa shape index (κ3) is 3.79. The molecule has 2 N–H and O–H groups in total. The average molecular weight is 242 g/mol. The molecule has 0 bridgehead atoms. The summed E-state index contributed by atoms with van der Waals surface area (Å²) in [4.78, 5) is 0. The van der Waals surface area contributed by atoms with E-state index in [2.05, 4.69) is 31.1 Å². The van der Waals surface area contributed by atoms with Gasteiger partial charge in [-0.15, -0.1) is 5.10 Å². The Labute approximate surface area is 102 Å². The molecule has 0 aromatic carbocycles. The highest BCUT2D eigenvalue weighted by atomic mass is 32.2. The molecule has 2 unspecified atom stereocenters. The Morgan fingerprint density at radius 2 is 2.25 bits per heavy atom. The molecule has 0 amide bonds. The third-order valence-electron chi connectivity index (χ3n) is 2.60. The Bertz CT molecular complexity index is 300. The fourth-order valence-electron chi connectivity index (χ4n) is 1.41. The van der Waals surface area contributed by atoms with E-state index >= 15 is 0 Å². The highest BCUT2D eigenvalue weighted by molar-refractivity contribution is 7.99. The Balaban J connectivity index is 2.51. The number of thioether (sulfide) groups is 1. The number of aromatic nitrogens is 3. The number of nitrogens with zero attached hydrogens (tertiary/aromatic N) is 3. The molecule has 5 heteroatoms. The van der Waals surface area contributed by atoms with Crippen molar-refractivity contribution in [2.24, 2.45) is 5.73 Å². The zero-order valence-electron chi connectivity index (χ0n) is 10.4. The van der Waals surface area contributed by atoms with Crippen LogP contribution >= 0.6 is 11.8 Å². The second kappa shape index (κ2) is 6.91. The van der Waals surface area contributed by atoms with Gasteiger partial charge in [0.1, 0.15) is 0 Å². The zero-order chi connectivity index (χ0) is 12.0. The molecule has 1 aromatic rings. The summed E-state index contributed by atoms with van der Waals surface area (Å²) in [6.45, 7) is 7.47. The summed E-state index contributed by atoms with van der Waals surface area (Å²) in [5.41, 5.74) is 7.21. The summed E-state index contributed by atoms with van der Waals surface area (Å²) in [5, 5.41) is 8.65. The van der Waals surface area contributed by atoms with Gasteiger partial charge in [0.25, 0.3) is 0 Å². The SMILES string of the molecule is CCCn1nncc1C(N)CSC(C)CC. The highest BCUT2D eigenvalue weighted by Crippen LogP contribution is 2.20. The first kappa shape index (κ1) is 13.5. The average Bonchev–Trinajstić information content (AvgIpc) is 2.74. The van der Waals surface area contributed by atoms with Gasteiger partial charge in [0, 0.05) is 17.5 Å². The smallest absolute Gasteiger partial charge is 0.0762 e. The van der Waals surface area contributed by atoms with Gasteiger partial charge < -0.3 is 5.73 Å². The van der Waals surface area contributed by atoms with Crippen LogP contribution in [0.4, 0.5) is 0 Å². The first-order valence-corrected chi connectivity index (χ1v) is 6.99. The second-order valence-electron chi connectivity index (χ2n) is 4.04. The molecule has 16 heavy (non-hydrogen) atoms.